The predicted molar refractivity (Wildman–Crippen MR) is 49.7 cm³/mol. The van der Waals surface area contributed by atoms with Crippen LogP contribution in [0.15, 0.2) is 10.9 Å². The molecule has 0 saturated carbocycles. The molecule has 0 saturated heterocycles. The third-order valence-corrected chi connectivity index (χ3v) is 2.33. The van der Waals surface area contributed by atoms with Gasteiger partial charge in [-0.15, -0.1) is 0 Å². The van der Waals surface area contributed by atoms with Gasteiger partial charge in [-0.3, -0.25) is 4.79 Å². The Balaban J connectivity index is 3.42. The zero-order chi connectivity index (χ0) is 11.8. The maximum Gasteiger partial charge on any atom is 0.422 e. The number of alkyl halides is 5. The summed E-state index contributed by atoms with van der Waals surface area (Å²) in [6, 6.07) is 0.260. The van der Waals surface area contributed by atoms with E-state index >= 15 is 0 Å². The van der Waals surface area contributed by atoms with Crippen LogP contribution in [0.4, 0.5) is 22.0 Å². The third-order valence-electron chi connectivity index (χ3n) is 1.53. The van der Waals surface area contributed by atoms with Crippen molar-refractivity contribution in [2.75, 3.05) is 0 Å². The molecule has 1 aromatic rings. The standard InChI is InChI=1S/C7H3F5INO/c8-5(9)2-1-3(15)4(6(13)14-2)7(10,11)12/h1,5H,(H,14,15). The van der Waals surface area contributed by atoms with E-state index in [1.165, 1.54) is 0 Å². The van der Waals surface area contributed by atoms with Gasteiger partial charge in [0, 0.05) is 6.07 Å². The van der Waals surface area contributed by atoms with Crippen molar-refractivity contribution in [1.82, 2.24) is 4.98 Å². The van der Waals surface area contributed by atoms with Gasteiger partial charge in [0.1, 0.15) is 5.56 Å². The van der Waals surface area contributed by atoms with Gasteiger partial charge < -0.3 is 4.98 Å². The number of halogens is 6. The van der Waals surface area contributed by atoms with E-state index < -0.39 is 33.0 Å². The molecule has 0 aliphatic heterocycles. The van der Waals surface area contributed by atoms with Crippen LogP contribution in [0.25, 0.3) is 0 Å². The molecule has 0 aromatic carbocycles. The molecule has 1 heterocycles. The van der Waals surface area contributed by atoms with Crippen LogP contribution in [0.5, 0.6) is 0 Å². The summed E-state index contributed by atoms with van der Waals surface area (Å²) < 4.78 is 60.3. The molecule has 84 valence electrons. The molecule has 0 aliphatic carbocycles. The second-order valence-corrected chi connectivity index (χ2v) is 3.66. The zero-order valence-electron chi connectivity index (χ0n) is 6.83. The normalized spacial score (nSPS) is 12.2. The van der Waals surface area contributed by atoms with Crippen LogP contribution in [0.2, 0.25) is 0 Å². The number of H-pyrrole nitrogens is 1. The largest absolute Gasteiger partial charge is 0.422 e. The molecule has 0 spiro atoms. The molecule has 8 heteroatoms. The second-order valence-electron chi connectivity index (χ2n) is 2.58. The van der Waals surface area contributed by atoms with Crippen LogP contribution in [0, 0.1) is 3.70 Å². The molecular formula is C7H3F5INO. The summed E-state index contributed by atoms with van der Waals surface area (Å²) in [6.07, 6.45) is -7.85. The van der Waals surface area contributed by atoms with Crippen molar-refractivity contribution < 1.29 is 22.0 Å². The highest BCUT2D eigenvalue weighted by molar-refractivity contribution is 14.1. The van der Waals surface area contributed by atoms with Crippen molar-refractivity contribution in [3.8, 4) is 0 Å². The van der Waals surface area contributed by atoms with E-state index in [0.29, 0.717) is 0 Å². The summed E-state index contributed by atoms with van der Waals surface area (Å²) in [6.45, 7) is 0. The minimum absolute atomic E-state index is 0.260. The van der Waals surface area contributed by atoms with Crippen molar-refractivity contribution in [2.24, 2.45) is 0 Å². The highest BCUT2D eigenvalue weighted by atomic mass is 127. The molecule has 0 amide bonds. The van der Waals surface area contributed by atoms with Gasteiger partial charge in [-0.1, -0.05) is 0 Å². The summed E-state index contributed by atoms with van der Waals surface area (Å²) in [7, 11) is 0. The minimum atomic E-state index is -4.84. The van der Waals surface area contributed by atoms with Crippen LogP contribution in [-0.4, -0.2) is 4.98 Å². The van der Waals surface area contributed by atoms with Crippen molar-refractivity contribution in [1.29, 1.82) is 0 Å². The highest BCUT2D eigenvalue weighted by Gasteiger charge is 2.36. The molecule has 0 radical (unpaired) electrons. The molecular weight excluding hydrogens is 336 g/mol. The van der Waals surface area contributed by atoms with Crippen molar-refractivity contribution in [2.45, 2.75) is 12.6 Å². The smallest absolute Gasteiger partial charge is 0.348 e. The van der Waals surface area contributed by atoms with Gasteiger partial charge in [-0.05, 0) is 22.6 Å². The topological polar surface area (TPSA) is 32.9 Å². The number of rotatable bonds is 1. The molecule has 0 atom stereocenters. The first-order valence-electron chi connectivity index (χ1n) is 3.51. The Bertz CT molecular complexity index is 424. The Morgan fingerprint density at radius 2 is 1.87 bits per heavy atom. The van der Waals surface area contributed by atoms with Crippen molar-refractivity contribution in [3.05, 3.63) is 31.2 Å². The molecule has 2 nitrogen and oxygen atoms in total. The van der Waals surface area contributed by atoms with Crippen molar-refractivity contribution >= 4 is 22.6 Å². The van der Waals surface area contributed by atoms with E-state index in [9.17, 15) is 26.7 Å². The molecule has 0 unspecified atom stereocenters. The Labute approximate surface area is 93.6 Å². The fourth-order valence-electron chi connectivity index (χ4n) is 0.929. The maximum atomic E-state index is 12.2. The third kappa shape index (κ3) is 2.67. The van der Waals surface area contributed by atoms with E-state index in [0.717, 1.165) is 22.6 Å². The predicted octanol–water partition coefficient (Wildman–Crippen LogP) is 2.94. The Kier molecular flexibility index (Phi) is 3.36. The van der Waals surface area contributed by atoms with Gasteiger partial charge in [-0.2, -0.15) is 13.2 Å². The lowest BCUT2D eigenvalue weighted by Crippen LogP contribution is -2.22. The molecule has 0 fully saturated rings. The molecule has 1 aromatic heterocycles. The molecule has 1 N–H and O–H groups in total. The molecule has 1 rings (SSSR count). The van der Waals surface area contributed by atoms with Crippen LogP contribution in [0.1, 0.15) is 17.7 Å². The zero-order valence-corrected chi connectivity index (χ0v) is 8.99. The average Bonchev–Trinajstić information content (AvgIpc) is 1.99. The van der Waals surface area contributed by atoms with E-state index in [1.807, 2.05) is 4.98 Å². The van der Waals surface area contributed by atoms with Gasteiger partial charge >= 0.3 is 6.18 Å². The maximum absolute atomic E-state index is 12.2. The van der Waals surface area contributed by atoms with Crippen molar-refractivity contribution in [3.63, 3.8) is 0 Å². The quantitative estimate of drug-likeness (QED) is 0.476. The van der Waals surface area contributed by atoms with E-state index in [1.54, 1.807) is 0 Å². The van der Waals surface area contributed by atoms with Gasteiger partial charge in [-0.25, -0.2) is 8.78 Å². The minimum Gasteiger partial charge on any atom is -0.348 e. The molecule has 0 aliphatic rings. The first-order valence-corrected chi connectivity index (χ1v) is 4.59. The molecule has 0 bridgehead atoms. The summed E-state index contributed by atoms with van der Waals surface area (Å²) in [4.78, 5) is 12.8. The average molecular weight is 339 g/mol. The van der Waals surface area contributed by atoms with E-state index in [-0.39, 0.29) is 6.07 Å². The number of hydrogen-bond donors (Lipinski definition) is 1. The number of hydrogen-bond acceptors (Lipinski definition) is 1. The Hall–Kier alpha value is -0.670. The van der Waals surface area contributed by atoms with Crippen LogP contribution in [-0.2, 0) is 6.18 Å². The van der Waals surface area contributed by atoms with Gasteiger partial charge in [0.05, 0.1) is 9.39 Å². The SMILES string of the molecule is O=c1cc(C(F)F)[nH]c(I)c1C(F)(F)F. The second kappa shape index (κ2) is 4.06. The lowest BCUT2D eigenvalue weighted by molar-refractivity contribution is -0.139. The molecule has 15 heavy (non-hydrogen) atoms. The monoisotopic (exact) mass is 339 g/mol. The Morgan fingerprint density at radius 3 is 2.20 bits per heavy atom. The van der Waals surface area contributed by atoms with Gasteiger partial charge in [0.15, 0.2) is 5.43 Å². The number of aromatic amines is 1. The van der Waals surface area contributed by atoms with Crippen LogP contribution < -0.4 is 5.43 Å². The van der Waals surface area contributed by atoms with Gasteiger partial charge in [0.25, 0.3) is 6.43 Å². The summed E-state index contributed by atoms with van der Waals surface area (Å²) in [5.74, 6) is 0. The summed E-state index contributed by atoms with van der Waals surface area (Å²) in [5, 5.41) is 0. The number of pyridine rings is 1. The van der Waals surface area contributed by atoms with E-state index in [2.05, 4.69) is 0 Å². The first-order chi connectivity index (χ1) is 6.73. The van der Waals surface area contributed by atoms with Crippen LogP contribution in [0.3, 0.4) is 0 Å². The Morgan fingerprint density at radius 1 is 1.33 bits per heavy atom. The lowest BCUT2D eigenvalue weighted by atomic mass is 10.2. The highest BCUT2D eigenvalue weighted by Crippen LogP contribution is 2.30. The van der Waals surface area contributed by atoms with Gasteiger partial charge in [0.2, 0.25) is 0 Å². The number of aromatic nitrogens is 1. The summed E-state index contributed by atoms with van der Waals surface area (Å²) in [5.41, 5.74) is -3.73. The summed E-state index contributed by atoms with van der Waals surface area (Å²) >= 11 is 1.16. The number of nitrogens with one attached hydrogen (secondary N) is 1. The fraction of sp³-hybridized carbons (Fsp3) is 0.286. The lowest BCUT2D eigenvalue weighted by Gasteiger charge is -2.09. The first kappa shape index (κ1) is 12.4. The fourth-order valence-corrected chi connectivity index (χ4v) is 1.81. The van der Waals surface area contributed by atoms with E-state index in [4.69, 9.17) is 0 Å². The van der Waals surface area contributed by atoms with Crippen LogP contribution >= 0.6 is 22.6 Å².